The molecule has 2 aromatic rings. The van der Waals surface area contributed by atoms with E-state index in [0.717, 1.165) is 10.9 Å². The van der Waals surface area contributed by atoms with Crippen LogP contribution in [0.5, 0.6) is 11.5 Å². The minimum absolute atomic E-state index is 0.140. The lowest BCUT2D eigenvalue weighted by molar-refractivity contribution is 0.482. The summed E-state index contributed by atoms with van der Waals surface area (Å²) in [5.41, 5.74) is 6.94. The zero-order valence-electron chi connectivity index (χ0n) is 10.9. The van der Waals surface area contributed by atoms with Gasteiger partial charge in [-0.2, -0.15) is 0 Å². The van der Waals surface area contributed by atoms with E-state index < -0.39 is 0 Å². The molecular weight excluding hydrogens is 361 g/mol. The maximum absolute atomic E-state index is 6.12. The number of ether oxygens (including phenoxy) is 1. The molecule has 0 heterocycles. The highest BCUT2D eigenvalue weighted by atomic mass is 79.9. The first-order chi connectivity index (χ1) is 9.45. The van der Waals surface area contributed by atoms with Crippen molar-refractivity contribution in [2.45, 2.75) is 19.4 Å². The van der Waals surface area contributed by atoms with E-state index in [1.807, 2.05) is 31.2 Å². The summed E-state index contributed by atoms with van der Waals surface area (Å²) in [6, 6.07) is 11.3. The molecule has 2 N–H and O–H groups in total. The summed E-state index contributed by atoms with van der Waals surface area (Å²) in [4.78, 5) is 0. The van der Waals surface area contributed by atoms with E-state index in [1.165, 1.54) is 5.56 Å². The molecule has 1 unspecified atom stereocenters. The third kappa shape index (κ3) is 4.13. The number of benzene rings is 2. The van der Waals surface area contributed by atoms with Crippen molar-refractivity contribution in [3.63, 3.8) is 0 Å². The zero-order chi connectivity index (χ0) is 14.7. The predicted octanol–water partition coefficient (Wildman–Crippen LogP) is 5.44. The molecule has 2 rings (SSSR count). The monoisotopic (exact) mass is 373 g/mol. The molecule has 0 fully saturated rings. The lowest BCUT2D eigenvalue weighted by Crippen LogP contribution is -2.17. The molecule has 106 valence electrons. The zero-order valence-corrected chi connectivity index (χ0v) is 14.0. The van der Waals surface area contributed by atoms with Gasteiger partial charge in [-0.25, -0.2) is 0 Å². The summed E-state index contributed by atoms with van der Waals surface area (Å²) >= 11 is 15.5. The molecule has 0 aliphatic carbocycles. The third-order valence-corrected chi connectivity index (χ3v) is 4.18. The van der Waals surface area contributed by atoms with E-state index in [1.54, 1.807) is 12.1 Å². The van der Waals surface area contributed by atoms with E-state index in [9.17, 15) is 0 Å². The van der Waals surface area contributed by atoms with Crippen LogP contribution >= 0.6 is 39.1 Å². The highest BCUT2D eigenvalue weighted by Crippen LogP contribution is 2.36. The van der Waals surface area contributed by atoms with Gasteiger partial charge in [0.05, 0.1) is 10.0 Å². The molecule has 0 radical (unpaired) electrons. The van der Waals surface area contributed by atoms with Crippen molar-refractivity contribution in [3.8, 4) is 11.5 Å². The molecule has 20 heavy (non-hydrogen) atoms. The van der Waals surface area contributed by atoms with Gasteiger partial charge in [-0.3, -0.25) is 0 Å². The van der Waals surface area contributed by atoms with Gasteiger partial charge in [-0.05, 0) is 53.0 Å². The number of halogens is 3. The summed E-state index contributed by atoms with van der Waals surface area (Å²) < 4.78 is 6.48. The fourth-order valence-corrected chi connectivity index (χ4v) is 2.61. The lowest BCUT2D eigenvalue weighted by atomic mass is 10.1. The van der Waals surface area contributed by atoms with Gasteiger partial charge < -0.3 is 10.5 Å². The quantitative estimate of drug-likeness (QED) is 0.723. The maximum atomic E-state index is 6.12. The van der Waals surface area contributed by atoms with Crippen molar-refractivity contribution in [3.05, 3.63) is 56.5 Å². The Morgan fingerprint density at radius 1 is 1.15 bits per heavy atom. The fourth-order valence-electron chi connectivity index (χ4n) is 1.77. The lowest BCUT2D eigenvalue weighted by Gasteiger charge is -2.10. The standard InChI is InChI=1S/C15H14BrCl2NO/c1-9(19)6-10-2-4-11(5-3-10)20-15-8-13(17)12(16)7-14(15)18/h2-5,7-9H,6,19H2,1H3. The summed E-state index contributed by atoms with van der Waals surface area (Å²) in [5, 5.41) is 1.05. The smallest absolute Gasteiger partial charge is 0.147 e. The molecule has 0 aliphatic rings. The number of hydrogen-bond acceptors (Lipinski definition) is 2. The van der Waals surface area contributed by atoms with Crippen molar-refractivity contribution in [1.29, 1.82) is 0 Å². The highest BCUT2D eigenvalue weighted by molar-refractivity contribution is 9.10. The molecule has 0 aromatic heterocycles. The Morgan fingerprint density at radius 2 is 1.80 bits per heavy atom. The number of hydrogen-bond donors (Lipinski definition) is 1. The van der Waals surface area contributed by atoms with Crippen LogP contribution in [0.25, 0.3) is 0 Å². The molecule has 0 saturated heterocycles. The predicted molar refractivity (Wildman–Crippen MR) is 88.0 cm³/mol. The molecule has 1 atom stereocenters. The molecule has 2 nitrogen and oxygen atoms in total. The van der Waals surface area contributed by atoms with E-state index >= 15 is 0 Å². The minimum Gasteiger partial charge on any atom is -0.456 e. The summed E-state index contributed by atoms with van der Waals surface area (Å²) in [6.07, 6.45) is 0.838. The van der Waals surface area contributed by atoms with Crippen LogP contribution in [-0.4, -0.2) is 6.04 Å². The van der Waals surface area contributed by atoms with E-state index in [2.05, 4.69) is 15.9 Å². The van der Waals surface area contributed by atoms with Crippen molar-refractivity contribution in [2.75, 3.05) is 0 Å². The Labute approximate surface area is 137 Å². The third-order valence-electron chi connectivity index (χ3n) is 2.68. The second-order valence-corrected chi connectivity index (χ2v) is 6.29. The average Bonchev–Trinajstić information content (AvgIpc) is 2.37. The van der Waals surface area contributed by atoms with Gasteiger partial charge in [-0.15, -0.1) is 0 Å². The molecule has 0 bridgehead atoms. The second kappa shape index (κ2) is 6.81. The largest absolute Gasteiger partial charge is 0.456 e. The van der Waals surface area contributed by atoms with Crippen LogP contribution in [0.15, 0.2) is 40.9 Å². The topological polar surface area (TPSA) is 35.2 Å². The summed E-state index contributed by atoms with van der Waals surface area (Å²) in [6.45, 7) is 1.98. The Hall–Kier alpha value is -0.740. The van der Waals surface area contributed by atoms with E-state index in [0.29, 0.717) is 21.5 Å². The van der Waals surface area contributed by atoms with Crippen LogP contribution in [-0.2, 0) is 6.42 Å². The van der Waals surface area contributed by atoms with Crippen molar-refractivity contribution < 1.29 is 4.74 Å². The fraction of sp³-hybridized carbons (Fsp3) is 0.200. The van der Waals surface area contributed by atoms with Crippen LogP contribution in [0.2, 0.25) is 10.0 Å². The van der Waals surface area contributed by atoms with Crippen LogP contribution < -0.4 is 10.5 Å². The number of rotatable bonds is 4. The SMILES string of the molecule is CC(N)Cc1ccc(Oc2cc(Cl)c(Br)cc2Cl)cc1. The first-order valence-corrected chi connectivity index (χ1v) is 7.67. The van der Waals surface area contributed by atoms with E-state index in [4.69, 9.17) is 33.7 Å². The molecule has 0 amide bonds. The Kier molecular flexibility index (Phi) is 5.33. The van der Waals surface area contributed by atoms with Gasteiger partial charge >= 0.3 is 0 Å². The normalized spacial score (nSPS) is 12.2. The molecular formula is C15H14BrCl2NO. The van der Waals surface area contributed by atoms with Gasteiger partial charge in [0.1, 0.15) is 11.5 Å². The van der Waals surface area contributed by atoms with Crippen LogP contribution in [0.1, 0.15) is 12.5 Å². The van der Waals surface area contributed by atoms with Crippen LogP contribution in [0.4, 0.5) is 0 Å². The van der Waals surface area contributed by atoms with Crippen molar-refractivity contribution in [1.82, 2.24) is 0 Å². The number of nitrogens with two attached hydrogens (primary N) is 1. The average molecular weight is 375 g/mol. The van der Waals surface area contributed by atoms with Crippen molar-refractivity contribution in [2.24, 2.45) is 5.73 Å². The van der Waals surface area contributed by atoms with Gasteiger partial charge in [0.2, 0.25) is 0 Å². The first kappa shape index (κ1) is 15.6. The van der Waals surface area contributed by atoms with Crippen molar-refractivity contribution >= 4 is 39.1 Å². The van der Waals surface area contributed by atoms with Gasteiger partial charge in [0.15, 0.2) is 0 Å². The second-order valence-electron chi connectivity index (χ2n) is 4.62. The molecule has 0 spiro atoms. The van der Waals surface area contributed by atoms with Crippen LogP contribution in [0.3, 0.4) is 0 Å². The Balaban J connectivity index is 2.16. The highest BCUT2D eigenvalue weighted by Gasteiger charge is 2.08. The molecule has 2 aromatic carbocycles. The van der Waals surface area contributed by atoms with Gasteiger partial charge in [-0.1, -0.05) is 35.3 Å². The molecule has 0 saturated carbocycles. The molecule has 5 heteroatoms. The van der Waals surface area contributed by atoms with Gasteiger partial charge in [0.25, 0.3) is 0 Å². The Bertz CT molecular complexity index is 600. The van der Waals surface area contributed by atoms with E-state index in [-0.39, 0.29) is 6.04 Å². The maximum Gasteiger partial charge on any atom is 0.147 e. The van der Waals surface area contributed by atoms with Gasteiger partial charge in [0, 0.05) is 16.6 Å². The minimum atomic E-state index is 0.140. The Morgan fingerprint density at radius 3 is 2.40 bits per heavy atom. The summed E-state index contributed by atoms with van der Waals surface area (Å²) in [5.74, 6) is 1.23. The molecule has 0 aliphatic heterocycles. The first-order valence-electron chi connectivity index (χ1n) is 6.12. The van der Waals surface area contributed by atoms with Crippen LogP contribution in [0, 0.1) is 0 Å². The summed E-state index contributed by atoms with van der Waals surface area (Å²) in [7, 11) is 0.